The normalized spacial score (nSPS) is 25.7. The van der Waals surface area contributed by atoms with Crippen molar-refractivity contribution in [2.24, 2.45) is 17.8 Å². The van der Waals surface area contributed by atoms with Crippen LogP contribution in [0.4, 0.5) is 0 Å². The Morgan fingerprint density at radius 1 is 0.816 bits per heavy atom. The van der Waals surface area contributed by atoms with Gasteiger partial charge in [0, 0.05) is 23.4 Å². The number of rotatable bonds is 10. The lowest BCUT2D eigenvalue weighted by molar-refractivity contribution is -0.0189. The molecule has 0 spiro atoms. The Morgan fingerprint density at radius 2 is 1.55 bits per heavy atom. The van der Waals surface area contributed by atoms with Crippen LogP contribution in [0, 0.1) is 17.8 Å². The Bertz CT molecular complexity index is 1280. The zero-order chi connectivity index (χ0) is 26.3. The molecule has 4 bridgehead atoms. The van der Waals surface area contributed by atoms with E-state index < -0.39 is 0 Å². The van der Waals surface area contributed by atoms with Crippen LogP contribution in [-0.4, -0.2) is 39.3 Å². The third-order valence-electron chi connectivity index (χ3n) is 9.35. The maximum atomic E-state index is 10.9. The summed E-state index contributed by atoms with van der Waals surface area (Å²) in [5.41, 5.74) is 4.77. The van der Waals surface area contributed by atoms with E-state index in [2.05, 4.69) is 43.3 Å². The molecule has 4 aliphatic rings. The number of hydrogen-bond donors (Lipinski definition) is 1. The lowest BCUT2D eigenvalue weighted by atomic mass is 9.48. The van der Waals surface area contributed by atoms with Crippen molar-refractivity contribution in [1.82, 2.24) is 0 Å². The maximum absolute atomic E-state index is 10.9. The lowest BCUT2D eigenvalue weighted by Gasteiger charge is -2.57. The van der Waals surface area contributed by atoms with E-state index in [9.17, 15) is 5.11 Å². The highest BCUT2D eigenvalue weighted by Gasteiger charge is 2.52. The molecule has 0 amide bonds. The summed E-state index contributed by atoms with van der Waals surface area (Å²) in [6.07, 6.45) is 8.82. The topological polar surface area (TPSA) is 57.2 Å². The van der Waals surface area contributed by atoms with Crippen LogP contribution >= 0.6 is 0 Å². The average Bonchev–Trinajstić information content (AvgIpc) is 2.91. The van der Waals surface area contributed by atoms with Gasteiger partial charge in [-0.15, -0.1) is 0 Å². The molecule has 7 rings (SSSR count). The van der Waals surface area contributed by atoms with Gasteiger partial charge in [-0.05, 0) is 121 Å². The SMILES string of the molecule is CCc1cc(O)c2cc(-c3ccc(OCOCCOC)c(C45CC6CC(CC(C6)C4)C5)c3)cc(OC)c2c1. The van der Waals surface area contributed by atoms with Crippen molar-refractivity contribution in [3.8, 4) is 28.4 Å². The second kappa shape index (κ2) is 10.4. The molecule has 0 aliphatic heterocycles. The van der Waals surface area contributed by atoms with Crippen molar-refractivity contribution in [2.75, 3.05) is 34.2 Å². The largest absolute Gasteiger partial charge is 0.507 e. The first-order valence-corrected chi connectivity index (χ1v) is 14.2. The van der Waals surface area contributed by atoms with Gasteiger partial charge < -0.3 is 24.1 Å². The fraction of sp³-hybridized carbons (Fsp3) is 0.515. The number of phenolic OH excluding ortho intramolecular Hbond substituents is 1. The molecule has 4 fully saturated rings. The molecule has 38 heavy (non-hydrogen) atoms. The summed E-state index contributed by atoms with van der Waals surface area (Å²) in [7, 11) is 3.38. The summed E-state index contributed by atoms with van der Waals surface area (Å²) in [5.74, 6) is 4.53. The average molecular weight is 517 g/mol. The highest BCUT2D eigenvalue weighted by Crippen LogP contribution is 2.62. The van der Waals surface area contributed by atoms with Crippen LogP contribution in [0.25, 0.3) is 21.9 Å². The predicted molar refractivity (Wildman–Crippen MR) is 150 cm³/mol. The Morgan fingerprint density at radius 3 is 2.21 bits per heavy atom. The maximum Gasteiger partial charge on any atom is 0.189 e. The number of aromatic hydroxyl groups is 1. The van der Waals surface area contributed by atoms with Gasteiger partial charge in [-0.1, -0.05) is 13.0 Å². The van der Waals surface area contributed by atoms with Gasteiger partial charge in [0.05, 0.1) is 20.3 Å². The van der Waals surface area contributed by atoms with E-state index >= 15 is 0 Å². The van der Waals surface area contributed by atoms with E-state index in [4.69, 9.17) is 18.9 Å². The smallest absolute Gasteiger partial charge is 0.189 e. The summed E-state index contributed by atoms with van der Waals surface area (Å²) in [4.78, 5) is 0. The minimum absolute atomic E-state index is 0.172. The molecule has 4 saturated carbocycles. The monoisotopic (exact) mass is 516 g/mol. The van der Waals surface area contributed by atoms with Gasteiger partial charge in [0.25, 0.3) is 0 Å². The molecule has 3 aromatic carbocycles. The van der Waals surface area contributed by atoms with Crippen LogP contribution in [0.3, 0.4) is 0 Å². The lowest BCUT2D eigenvalue weighted by Crippen LogP contribution is -2.48. The molecule has 0 atom stereocenters. The Labute approximate surface area is 226 Å². The number of phenols is 1. The number of fused-ring (bicyclic) bond motifs is 1. The Balaban J connectivity index is 1.42. The number of benzene rings is 3. The van der Waals surface area contributed by atoms with Crippen molar-refractivity contribution in [3.63, 3.8) is 0 Å². The highest BCUT2D eigenvalue weighted by atomic mass is 16.7. The van der Waals surface area contributed by atoms with Gasteiger partial charge in [-0.3, -0.25) is 0 Å². The van der Waals surface area contributed by atoms with E-state index in [0.29, 0.717) is 19.0 Å². The first kappa shape index (κ1) is 25.5. The number of ether oxygens (including phenoxy) is 4. The van der Waals surface area contributed by atoms with Crippen LogP contribution in [0.15, 0.2) is 42.5 Å². The molecule has 0 radical (unpaired) electrons. The van der Waals surface area contributed by atoms with E-state index in [-0.39, 0.29) is 12.2 Å². The zero-order valence-corrected chi connectivity index (χ0v) is 22.9. The zero-order valence-electron chi connectivity index (χ0n) is 22.9. The van der Waals surface area contributed by atoms with E-state index in [1.54, 1.807) is 14.2 Å². The molecule has 3 aromatic rings. The van der Waals surface area contributed by atoms with E-state index in [0.717, 1.165) is 63.1 Å². The molecule has 5 heteroatoms. The Hall–Kier alpha value is -2.76. The van der Waals surface area contributed by atoms with Crippen LogP contribution in [0.2, 0.25) is 0 Å². The standard InChI is InChI=1S/C33H40O5/c1-4-21-12-28-27(30(34)13-21)14-26(16-32(28)36-3)25-5-6-31(38-20-37-8-7-35-2)29(15-25)33-17-22-9-23(18-33)11-24(10-22)19-33/h5-6,12-16,22-24,34H,4,7-11,17-20H2,1-3H3. The van der Waals surface area contributed by atoms with Crippen LogP contribution in [0.5, 0.6) is 17.2 Å². The fourth-order valence-electron chi connectivity index (χ4n) is 8.00. The number of methoxy groups -OCH3 is 2. The van der Waals surface area contributed by atoms with Crippen molar-refractivity contribution >= 4 is 10.8 Å². The molecule has 0 unspecified atom stereocenters. The second-order valence-electron chi connectivity index (χ2n) is 11.8. The molecule has 0 heterocycles. The van der Waals surface area contributed by atoms with Crippen molar-refractivity contribution in [1.29, 1.82) is 0 Å². The molecule has 5 nitrogen and oxygen atoms in total. The summed E-state index contributed by atoms with van der Waals surface area (Å²) >= 11 is 0. The highest BCUT2D eigenvalue weighted by molar-refractivity contribution is 5.97. The third-order valence-corrected chi connectivity index (χ3v) is 9.35. The van der Waals surface area contributed by atoms with Crippen molar-refractivity contribution in [2.45, 2.75) is 57.3 Å². The number of aryl methyl sites for hydroxylation is 1. The summed E-state index contributed by atoms with van der Waals surface area (Å²) < 4.78 is 22.9. The summed E-state index contributed by atoms with van der Waals surface area (Å²) in [5, 5.41) is 12.7. The fourth-order valence-corrected chi connectivity index (χ4v) is 8.00. The first-order valence-electron chi connectivity index (χ1n) is 14.2. The summed E-state index contributed by atoms with van der Waals surface area (Å²) in [6, 6.07) is 14.8. The Kier molecular flexibility index (Phi) is 7.00. The minimum Gasteiger partial charge on any atom is -0.507 e. The van der Waals surface area contributed by atoms with Gasteiger partial charge >= 0.3 is 0 Å². The quantitative estimate of drug-likeness (QED) is 0.227. The second-order valence-corrected chi connectivity index (χ2v) is 11.8. The van der Waals surface area contributed by atoms with Crippen LogP contribution < -0.4 is 9.47 Å². The molecule has 4 aliphatic carbocycles. The van der Waals surface area contributed by atoms with Gasteiger partial charge in [-0.25, -0.2) is 0 Å². The van der Waals surface area contributed by atoms with E-state index in [1.807, 2.05) is 6.07 Å². The first-order chi connectivity index (χ1) is 18.5. The van der Waals surface area contributed by atoms with Gasteiger partial charge in [0.15, 0.2) is 6.79 Å². The molecule has 0 saturated heterocycles. The van der Waals surface area contributed by atoms with E-state index in [1.165, 1.54) is 44.1 Å². The third kappa shape index (κ3) is 4.65. The van der Waals surface area contributed by atoms with Gasteiger partial charge in [-0.2, -0.15) is 0 Å². The number of hydrogen-bond acceptors (Lipinski definition) is 5. The minimum atomic E-state index is 0.172. The van der Waals surface area contributed by atoms with Crippen molar-refractivity contribution in [3.05, 3.63) is 53.6 Å². The van der Waals surface area contributed by atoms with Crippen LogP contribution in [-0.2, 0) is 21.3 Å². The van der Waals surface area contributed by atoms with Crippen LogP contribution in [0.1, 0.15) is 56.6 Å². The van der Waals surface area contributed by atoms with Gasteiger partial charge in [0.1, 0.15) is 17.2 Å². The van der Waals surface area contributed by atoms with Crippen molar-refractivity contribution < 1.29 is 24.1 Å². The molecule has 202 valence electrons. The molecule has 0 aromatic heterocycles. The molecule has 1 N–H and O–H groups in total. The molecular formula is C33H40O5. The van der Waals surface area contributed by atoms with Gasteiger partial charge in [0.2, 0.25) is 0 Å². The summed E-state index contributed by atoms with van der Waals surface area (Å²) in [6.45, 7) is 3.39. The molecular weight excluding hydrogens is 476 g/mol. The predicted octanol–water partition coefficient (Wildman–Crippen LogP) is 7.25.